The number of halogens is 1. The maximum absolute atomic E-state index is 5.98. The van der Waals surface area contributed by atoms with Crippen LogP contribution in [0, 0.1) is 0 Å². The molecule has 0 bridgehead atoms. The molecule has 7 heteroatoms. The van der Waals surface area contributed by atoms with Crippen LogP contribution in [-0.4, -0.2) is 26.5 Å². The van der Waals surface area contributed by atoms with Crippen molar-refractivity contribution in [3.63, 3.8) is 0 Å². The first-order chi connectivity index (χ1) is 8.25. The molecule has 0 radical (unpaired) electrons. The number of hydrogen-bond acceptors (Lipinski definition) is 5. The summed E-state index contributed by atoms with van der Waals surface area (Å²) >= 11 is 5.98. The van der Waals surface area contributed by atoms with Gasteiger partial charge in [0.05, 0.1) is 23.1 Å². The van der Waals surface area contributed by atoms with E-state index in [2.05, 4.69) is 20.6 Å². The van der Waals surface area contributed by atoms with Gasteiger partial charge in [0.2, 0.25) is 0 Å². The van der Waals surface area contributed by atoms with E-state index in [0.717, 1.165) is 19.5 Å². The molecule has 0 aliphatic heterocycles. The number of aromatic nitrogens is 4. The Morgan fingerprint density at radius 2 is 2.35 bits per heavy atom. The Morgan fingerprint density at radius 3 is 3.06 bits per heavy atom. The minimum Gasteiger partial charge on any atom is -0.397 e. The van der Waals surface area contributed by atoms with Crippen molar-refractivity contribution in [1.29, 1.82) is 0 Å². The highest BCUT2D eigenvalue weighted by Gasteiger charge is 2.01. The maximum atomic E-state index is 5.98. The van der Waals surface area contributed by atoms with Crippen molar-refractivity contribution in [2.24, 2.45) is 0 Å². The van der Waals surface area contributed by atoms with Crippen LogP contribution in [0.2, 0.25) is 5.02 Å². The number of rotatable bonds is 5. The summed E-state index contributed by atoms with van der Waals surface area (Å²) in [6, 6.07) is 1.67. The van der Waals surface area contributed by atoms with Crippen LogP contribution < -0.4 is 11.1 Å². The zero-order valence-electron chi connectivity index (χ0n) is 9.17. The summed E-state index contributed by atoms with van der Waals surface area (Å²) in [5.74, 6) is 0.652. The van der Waals surface area contributed by atoms with Crippen molar-refractivity contribution in [2.75, 3.05) is 17.6 Å². The molecule has 0 aliphatic carbocycles. The van der Waals surface area contributed by atoms with Crippen molar-refractivity contribution in [2.45, 2.75) is 13.0 Å². The van der Waals surface area contributed by atoms with Gasteiger partial charge >= 0.3 is 0 Å². The molecule has 0 atom stereocenters. The number of anilines is 2. The fourth-order valence-electron chi connectivity index (χ4n) is 1.38. The third-order valence-electron chi connectivity index (χ3n) is 2.19. The molecule has 2 aromatic rings. The predicted molar refractivity (Wildman–Crippen MR) is 66.8 cm³/mol. The lowest BCUT2D eigenvalue weighted by molar-refractivity contribution is 0.569. The number of aryl methyl sites for hydroxylation is 1. The van der Waals surface area contributed by atoms with Gasteiger partial charge in [0.25, 0.3) is 0 Å². The highest BCUT2D eigenvalue weighted by Crippen LogP contribution is 2.20. The van der Waals surface area contributed by atoms with Crippen LogP contribution in [0.5, 0.6) is 0 Å². The number of pyridine rings is 1. The average molecular weight is 253 g/mol. The number of nitrogens with one attached hydrogen (secondary N) is 1. The zero-order chi connectivity index (χ0) is 12.1. The van der Waals surface area contributed by atoms with Crippen molar-refractivity contribution in [3.05, 3.63) is 29.7 Å². The second-order valence-electron chi connectivity index (χ2n) is 3.55. The summed E-state index contributed by atoms with van der Waals surface area (Å²) in [5.41, 5.74) is 6.11. The standard InChI is InChI=1S/C10H13ClN6/c11-9-6-8(12)7-14-10(9)13-2-1-4-17-5-3-15-16-17/h3,5-7H,1-2,4,12H2,(H,13,14). The van der Waals surface area contributed by atoms with E-state index in [1.165, 1.54) is 0 Å². The van der Waals surface area contributed by atoms with Gasteiger partial charge in [-0.3, -0.25) is 4.68 Å². The Kier molecular flexibility index (Phi) is 3.77. The van der Waals surface area contributed by atoms with Crippen LogP contribution in [-0.2, 0) is 6.54 Å². The van der Waals surface area contributed by atoms with Crippen molar-refractivity contribution in [1.82, 2.24) is 20.0 Å². The van der Waals surface area contributed by atoms with E-state index in [9.17, 15) is 0 Å². The first kappa shape index (κ1) is 11.7. The smallest absolute Gasteiger partial charge is 0.144 e. The lowest BCUT2D eigenvalue weighted by Crippen LogP contribution is -2.08. The van der Waals surface area contributed by atoms with Gasteiger partial charge in [-0.15, -0.1) is 5.10 Å². The molecule has 0 fully saturated rings. The van der Waals surface area contributed by atoms with E-state index in [1.807, 2.05) is 6.20 Å². The molecule has 2 heterocycles. The molecule has 2 aromatic heterocycles. The summed E-state index contributed by atoms with van der Waals surface area (Å²) in [6.07, 6.45) is 5.97. The van der Waals surface area contributed by atoms with E-state index in [4.69, 9.17) is 17.3 Å². The van der Waals surface area contributed by atoms with Gasteiger partial charge in [0.1, 0.15) is 5.82 Å². The van der Waals surface area contributed by atoms with E-state index < -0.39 is 0 Å². The number of nitrogens with two attached hydrogens (primary N) is 1. The molecule has 90 valence electrons. The molecule has 0 unspecified atom stereocenters. The normalized spacial score (nSPS) is 10.4. The highest BCUT2D eigenvalue weighted by molar-refractivity contribution is 6.33. The number of nitrogen functional groups attached to an aromatic ring is 1. The van der Waals surface area contributed by atoms with E-state index in [0.29, 0.717) is 16.5 Å². The quantitative estimate of drug-likeness (QED) is 0.787. The second kappa shape index (κ2) is 5.49. The Bertz CT molecular complexity index is 470. The SMILES string of the molecule is Nc1cnc(NCCCn2ccnn2)c(Cl)c1. The Labute approximate surface area is 104 Å². The van der Waals surface area contributed by atoms with Gasteiger partial charge in [-0.25, -0.2) is 4.98 Å². The summed E-state index contributed by atoms with van der Waals surface area (Å²) in [5, 5.41) is 11.3. The third kappa shape index (κ3) is 3.32. The Morgan fingerprint density at radius 1 is 1.47 bits per heavy atom. The highest BCUT2D eigenvalue weighted by atomic mass is 35.5. The first-order valence-electron chi connectivity index (χ1n) is 5.25. The first-order valence-corrected chi connectivity index (χ1v) is 5.62. The fourth-order valence-corrected chi connectivity index (χ4v) is 1.62. The molecular weight excluding hydrogens is 240 g/mol. The molecule has 0 amide bonds. The van der Waals surface area contributed by atoms with Crippen LogP contribution in [0.3, 0.4) is 0 Å². The maximum Gasteiger partial charge on any atom is 0.144 e. The lowest BCUT2D eigenvalue weighted by atomic mass is 10.4. The summed E-state index contributed by atoms with van der Waals surface area (Å²) in [7, 11) is 0. The van der Waals surface area contributed by atoms with E-state index >= 15 is 0 Å². The largest absolute Gasteiger partial charge is 0.397 e. The van der Waals surface area contributed by atoms with Gasteiger partial charge in [-0.2, -0.15) is 0 Å². The summed E-state index contributed by atoms with van der Waals surface area (Å²) in [6.45, 7) is 1.57. The zero-order valence-corrected chi connectivity index (χ0v) is 9.93. The molecule has 2 rings (SSSR count). The number of nitrogens with zero attached hydrogens (tertiary/aromatic N) is 4. The van der Waals surface area contributed by atoms with Gasteiger partial charge in [-0.1, -0.05) is 16.8 Å². The van der Waals surface area contributed by atoms with Gasteiger partial charge in [0.15, 0.2) is 0 Å². The monoisotopic (exact) mass is 252 g/mol. The van der Waals surface area contributed by atoms with Gasteiger partial charge < -0.3 is 11.1 Å². The van der Waals surface area contributed by atoms with Crippen molar-refractivity contribution < 1.29 is 0 Å². The van der Waals surface area contributed by atoms with Crippen LogP contribution in [0.15, 0.2) is 24.7 Å². The minimum absolute atomic E-state index is 0.533. The molecule has 6 nitrogen and oxygen atoms in total. The third-order valence-corrected chi connectivity index (χ3v) is 2.48. The second-order valence-corrected chi connectivity index (χ2v) is 3.95. The Hall–Kier alpha value is -1.82. The lowest BCUT2D eigenvalue weighted by Gasteiger charge is -2.07. The molecule has 0 aromatic carbocycles. The van der Waals surface area contributed by atoms with Crippen LogP contribution in [0.4, 0.5) is 11.5 Å². The Balaban J connectivity index is 1.78. The molecular formula is C10H13ClN6. The van der Waals surface area contributed by atoms with Crippen LogP contribution in [0.25, 0.3) is 0 Å². The van der Waals surface area contributed by atoms with Crippen molar-refractivity contribution in [3.8, 4) is 0 Å². The fraction of sp³-hybridized carbons (Fsp3) is 0.300. The molecule has 0 saturated carbocycles. The topological polar surface area (TPSA) is 81.6 Å². The molecule has 0 spiro atoms. The number of hydrogen-bond donors (Lipinski definition) is 2. The van der Waals surface area contributed by atoms with E-state index in [-0.39, 0.29) is 0 Å². The minimum atomic E-state index is 0.533. The van der Waals surface area contributed by atoms with Crippen LogP contribution in [0.1, 0.15) is 6.42 Å². The van der Waals surface area contributed by atoms with Crippen LogP contribution >= 0.6 is 11.6 Å². The average Bonchev–Trinajstić information content (AvgIpc) is 2.79. The summed E-state index contributed by atoms with van der Waals surface area (Å²) < 4.78 is 1.78. The van der Waals surface area contributed by atoms with Gasteiger partial charge in [0, 0.05) is 19.3 Å². The van der Waals surface area contributed by atoms with Gasteiger partial charge in [-0.05, 0) is 12.5 Å². The van der Waals surface area contributed by atoms with Crippen molar-refractivity contribution >= 4 is 23.1 Å². The predicted octanol–water partition coefficient (Wildman–Crippen LogP) is 1.41. The van der Waals surface area contributed by atoms with E-state index in [1.54, 1.807) is 23.1 Å². The molecule has 0 saturated heterocycles. The molecule has 17 heavy (non-hydrogen) atoms. The molecule has 3 N–H and O–H groups in total. The molecule has 0 aliphatic rings. The summed E-state index contributed by atoms with van der Waals surface area (Å²) in [4.78, 5) is 4.11.